The van der Waals surface area contributed by atoms with Gasteiger partial charge in [0.25, 0.3) is 5.56 Å². The fourth-order valence-electron chi connectivity index (χ4n) is 3.58. The van der Waals surface area contributed by atoms with Gasteiger partial charge in [-0.2, -0.15) is 0 Å². The Morgan fingerprint density at radius 2 is 1.85 bits per heavy atom. The van der Waals surface area contributed by atoms with Crippen LogP contribution in [0.2, 0.25) is 0 Å². The Balaban J connectivity index is 1.97. The Morgan fingerprint density at radius 3 is 2.52 bits per heavy atom. The summed E-state index contributed by atoms with van der Waals surface area (Å²) in [4.78, 5) is 42.3. The molecule has 2 aromatic rings. The lowest BCUT2D eigenvalue weighted by Crippen LogP contribution is -2.40. The fourth-order valence-corrected chi connectivity index (χ4v) is 3.58. The maximum absolute atomic E-state index is 13.1. The molecular weight excluding hydrogens is 344 g/mol. The number of ketones is 1. The summed E-state index contributed by atoms with van der Waals surface area (Å²) in [5, 5.41) is 0. The molecule has 1 aliphatic carbocycles. The normalized spacial score (nSPS) is 14.1. The van der Waals surface area contributed by atoms with Crippen LogP contribution in [0.25, 0.3) is 11.2 Å². The van der Waals surface area contributed by atoms with Gasteiger partial charge in [0.1, 0.15) is 5.78 Å². The van der Waals surface area contributed by atoms with E-state index in [2.05, 4.69) is 11.9 Å². The van der Waals surface area contributed by atoms with Crippen LogP contribution in [0.4, 0.5) is 0 Å². The highest BCUT2D eigenvalue weighted by Gasteiger charge is 2.30. The van der Waals surface area contributed by atoms with E-state index >= 15 is 0 Å². The number of carbonyl (C=O) groups excluding carboxylic acids is 1. The molecule has 0 atom stereocenters. The number of imidazole rings is 1. The Morgan fingerprint density at radius 1 is 1.07 bits per heavy atom. The molecule has 7 nitrogen and oxygen atoms in total. The first-order valence-electron chi connectivity index (χ1n) is 10.3. The summed E-state index contributed by atoms with van der Waals surface area (Å²) in [7, 11) is 0. The van der Waals surface area contributed by atoms with E-state index in [9.17, 15) is 14.4 Å². The largest absolute Gasteiger partial charge is 0.332 e. The zero-order valence-electron chi connectivity index (χ0n) is 16.4. The number of rotatable bonds is 11. The quantitative estimate of drug-likeness (QED) is 0.566. The number of nitrogens with zero attached hydrogens (tertiary/aromatic N) is 4. The molecule has 0 N–H and O–H groups in total. The summed E-state index contributed by atoms with van der Waals surface area (Å²) >= 11 is 0. The molecule has 0 bridgehead atoms. The first-order valence-corrected chi connectivity index (χ1v) is 10.3. The first kappa shape index (κ1) is 19.6. The molecule has 2 heterocycles. The van der Waals surface area contributed by atoms with Crippen molar-refractivity contribution in [2.75, 3.05) is 0 Å². The molecule has 1 aliphatic rings. The molecule has 0 aliphatic heterocycles. The minimum absolute atomic E-state index is 0.146. The van der Waals surface area contributed by atoms with Crippen molar-refractivity contribution in [1.82, 2.24) is 18.7 Å². The van der Waals surface area contributed by atoms with Crippen LogP contribution in [0, 0.1) is 0 Å². The molecule has 0 spiro atoms. The Bertz CT molecular complexity index is 918. The lowest BCUT2D eigenvalue weighted by Gasteiger charge is -2.12. The van der Waals surface area contributed by atoms with E-state index in [1.165, 1.54) is 4.57 Å². The van der Waals surface area contributed by atoms with E-state index < -0.39 is 0 Å². The lowest BCUT2D eigenvalue weighted by atomic mass is 10.2. The van der Waals surface area contributed by atoms with Crippen LogP contribution in [0.1, 0.15) is 77.7 Å². The van der Waals surface area contributed by atoms with Crippen LogP contribution in [0.5, 0.6) is 0 Å². The van der Waals surface area contributed by atoms with Gasteiger partial charge in [-0.1, -0.05) is 33.1 Å². The van der Waals surface area contributed by atoms with Crippen molar-refractivity contribution in [3.05, 3.63) is 27.2 Å². The van der Waals surface area contributed by atoms with Gasteiger partial charge in [0.2, 0.25) is 0 Å². The molecule has 2 aromatic heterocycles. The van der Waals surface area contributed by atoms with E-state index in [1.54, 1.807) is 15.5 Å². The van der Waals surface area contributed by atoms with Crippen molar-refractivity contribution in [2.24, 2.45) is 0 Å². The number of hydrogen-bond acceptors (Lipinski definition) is 4. The SMILES string of the molecule is CCCCCCn1c(=O)c2c(ncn2CCC(=O)CCC)n(C2CC2)c1=O. The zero-order valence-corrected chi connectivity index (χ0v) is 16.4. The van der Waals surface area contributed by atoms with Crippen LogP contribution in [-0.2, 0) is 17.9 Å². The summed E-state index contributed by atoms with van der Waals surface area (Å²) in [6, 6.07) is 0.146. The highest BCUT2D eigenvalue weighted by atomic mass is 16.2. The third-order valence-corrected chi connectivity index (χ3v) is 5.24. The number of aryl methyl sites for hydroxylation is 1. The molecule has 1 fully saturated rings. The van der Waals surface area contributed by atoms with Gasteiger partial charge >= 0.3 is 5.69 Å². The summed E-state index contributed by atoms with van der Waals surface area (Å²) in [6.07, 6.45) is 9.32. The zero-order chi connectivity index (χ0) is 19.4. The minimum Gasteiger partial charge on any atom is -0.324 e. The van der Waals surface area contributed by atoms with Crippen molar-refractivity contribution in [3.63, 3.8) is 0 Å². The van der Waals surface area contributed by atoms with E-state index in [1.807, 2.05) is 6.92 Å². The van der Waals surface area contributed by atoms with E-state index in [0.29, 0.717) is 37.1 Å². The smallest absolute Gasteiger partial charge is 0.324 e. The number of Topliss-reactive ketones (excluding diaryl/α,β-unsaturated/α-hetero) is 1. The number of carbonyl (C=O) groups is 1. The summed E-state index contributed by atoms with van der Waals surface area (Å²) in [5.74, 6) is 0.190. The lowest BCUT2D eigenvalue weighted by molar-refractivity contribution is -0.119. The highest BCUT2D eigenvalue weighted by Crippen LogP contribution is 2.34. The first-order chi connectivity index (χ1) is 13.1. The van der Waals surface area contributed by atoms with Gasteiger partial charge < -0.3 is 4.57 Å². The van der Waals surface area contributed by atoms with Crippen molar-refractivity contribution in [2.45, 2.75) is 90.8 Å². The molecule has 0 radical (unpaired) electrons. The minimum atomic E-state index is -0.274. The predicted octanol–water partition coefficient (Wildman–Crippen LogP) is 3.03. The van der Waals surface area contributed by atoms with E-state index in [-0.39, 0.29) is 23.1 Å². The summed E-state index contributed by atoms with van der Waals surface area (Å²) in [6.45, 7) is 5.00. The molecule has 27 heavy (non-hydrogen) atoms. The Kier molecular flexibility index (Phi) is 6.29. The van der Waals surface area contributed by atoms with Gasteiger partial charge in [-0.25, -0.2) is 9.78 Å². The number of unbranched alkanes of at least 4 members (excludes halogenated alkanes) is 3. The Labute approximate surface area is 159 Å². The average molecular weight is 374 g/mol. The number of aromatic nitrogens is 4. The van der Waals surface area contributed by atoms with Gasteiger partial charge in [-0.3, -0.25) is 18.7 Å². The molecule has 1 saturated carbocycles. The van der Waals surface area contributed by atoms with Crippen molar-refractivity contribution in [3.8, 4) is 0 Å². The monoisotopic (exact) mass is 374 g/mol. The van der Waals surface area contributed by atoms with Gasteiger partial charge in [-0.05, 0) is 25.7 Å². The fraction of sp³-hybridized carbons (Fsp3) is 0.700. The third-order valence-electron chi connectivity index (χ3n) is 5.24. The number of hydrogen-bond donors (Lipinski definition) is 0. The maximum atomic E-state index is 13.1. The molecule has 0 aromatic carbocycles. The maximum Gasteiger partial charge on any atom is 0.332 e. The van der Waals surface area contributed by atoms with Crippen molar-refractivity contribution in [1.29, 1.82) is 0 Å². The second-order valence-corrected chi connectivity index (χ2v) is 7.55. The van der Waals surface area contributed by atoms with Crippen molar-refractivity contribution >= 4 is 16.9 Å². The van der Waals surface area contributed by atoms with Crippen LogP contribution >= 0.6 is 0 Å². The number of fused-ring (bicyclic) bond motifs is 1. The third kappa shape index (κ3) is 4.22. The summed E-state index contributed by atoms with van der Waals surface area (Å²) < 4.78 is 4.83. The molecule has 0 saturated heterocycles. The highest BCUT2D eigenvalue weighted by molar-refractivity contribution is 5.78. The molecule has 0 amide bonds. The second-order valence-electron chi connectivity index (χ2n) is 7.55. The van der Waals surface area contributed by atoms with Gasteiger partial charge in [0.15, 0.2) is 11.2 Å². The van der Waals surface area contributed by atoms with Crippen LogP contribution in [0.3, 0.4) is 0 Å². The van der Waals surface area contributed by atoms with Gasteiger partial charge in [0, 0.05) is 32.0 Å². The predicted molar refractivity (Wildman–Crippen MR) is 105 cm³/mol. The molecule has 3 rings (SSSR count). The van der Waals surface area contributed by atoms with Crippen LogP contribution < -0.4 is 11.2 Å². The van der Waals surface area contributed by atoms with Crippen LogP contribution in [-0.4, -0.2) is 24.5 Å². The molecule has 148 valence electrons. The van der Waals surface area contributed by atoms with Gasteiger partial charge in [0.05, 0.1) is 6.33 Å². The molecule has 7 heteroatoms. The van der Waals surface area contributed by atoms with Crippen LogP contribution in [0.15, 0.2) is 15.9 Å². The van der Waals surface area contributed by atoms with Gasteiger partial charge in [-0.15, -0.1) is 0 Å². The van der Waals surface area contributed by atoms with E-state index in [4.69, 9.17) is 0 Å². The Hall–Kier alpha value is -2.18. The van der Waals surface area contributed by atoms with E-state index in [0.717, 1.165) is 44.9 Å². The molecule has 0 unspecified atom stereocenters. The average Bonchev–Trinajstić information content (AvgIpc) is 3.38. The topological polar surface area (TPSA) is 78.9 Å². The van der Waals surface area contributed by atoms with Crippen molar-refractivity contribution < 1.29 is 4.79 Å². The standard InChI is InChI=1S/C20H30N4O3/c1-3-5-6-7-12-23-19(26)17-18(24(20(23)27)15-9-10-15)21-14-22(17)13-11-16(25)8-4-2/h14-15H,3-13H2,1-2H3. The second kappa shape index (κ2) is 8.67. The molecular formula is C20H30N4O3. The summed E-state index contributed by atoms with van der Waals surface area (Å²) in [5.41, 5.74) is 0.421.